The van der Waals surface area contributed by atoms with E-state index in [4.69, 9.17) is 20.3 Å². The number of phenols is 2. The molecule has 23 heteroatoms. The molecule has 3 saturated carbocycles. The first-order chi connectivity index (χ1) is 52.6. The first-order valence-electron chi connectivity index (χ1n) is 38.0. The van der Waals surface area contributed by atoms with Gasteiger partial charge in [0.2, 0.25) is 17.7 Å². The Labute approximate surface area is 654 Å². The van der Waals surface area contributed by atoms with E-state index in [0.717, 1.165) is 97.8 Å². The number of nitrogens with zero attached hydrogens (tertiary/aromatic N) is 4. The Morgan fingerprint density at radius 2 is 1.41 bits per heavy atom. The number of anilines is 3. The van der Waals surface area contributed by atoms with Gasteiger partial charge in [0, 0.05) is 83.1 Å². The van der Waals surface area contributed by atoms with E-state index in [1.54, 1.807) is 25.3 Å². The predicted octanol–water partition coefficient (Wildman–Crippen LogP) is 12.7. The van der Waals surface area contributed by atoms with E-state index in [9.17, 15) is 48.6 Å². The van der Waals surface area contributed by atoms with Crippen molar-refractivity contribution in [3.8, 4) is 23.0 Å². The number of urea groups is 1. The van der Waals surface area contributed by atoms with Gasteiger partial charge >= 0.3 is 6.03 Å². The van der Waals surface area contributed by atoms with Gasteiger partial charge in [0.15, 0.2) is 34.4 Å². The Kier molecular flexibility index (Phi) is 28.0. The van der Waals surface area contributed by atoms with Crippen molar-refractivity contribution in [3.05, 3.63) is 210 Å². The van der Waals surface area contributed by atoms with Gasteiger partial charge in [0.1, 0.15) is 16.9 Å². The van der Waals surface area contributed by atoms with E-state index in [-0.39, 0.29) is 52.6 Å². The molecule has 0 radical (unpaired) electrons. The predicted molar refractivity (Wildman–Crippen MR) is 432 cm³/mol. The second-order valence-corrected chi connectivity index (χ2v) is 33.1. The molecule has 6 amide bonds. The third-order valence-corrected chi connectivity index (χ3v) is 25.5. The molecule has 15 rings (SSSR count). The van der Waals surface area contributed by atoms with Crippen molar-refractivity contribution < 1.29 is 63.2 Å². The molecule has 5 fully saturated rings. The molecule has 0 aromatic heterocycles. The number of nitrogens with one attached hydrogen (secondary N) is 3. The number of para-hydroxylation sites is 2. The standard InChI is InChI=1S/C20H23NO4.C17H20N2S.C16H25NO2.C15H15NO2S.C11H16N2O3.C8H9NO2/c22-13-4-3-12-9-15-20(24)6-5-14(23)18-19(20,16(12)17(13)25-18)7-8-21(15)10-11-1-2-11;1-13(18(2)3)12-19-14-8-4-6-10-16(14)20-17-11-7-5-9-15(17)19;1-17(2)12-14-7-4-5-10-16(14,18)13-8-6-9-15(11-13)19-3;16-14(17)11-19(18)15(12-7-3-1-4-8-12)13-9-5-2-6-10-13;1-4-6-11(7(3)5-2)8(14)12-10(16)13-9(11)15;1-6(10)9-7-2-4-8(11)5-3-7/h3-4,11,15,18,22,24H,1-2,5-10H2;4-11,13H,12H2,1-3H3;6,8-9,11,14,18H,4-5,7,10,12H2,1-3H3;1-10,15H,11H2,(H2,16,17);4,7H,1,5-6H2,2-3H3,(H2,12,13,14,15,16);2-5,11H,1H3,(H,9,10)/t15-,18+,19+,20-;;14-,16+;;;/m1.1.../s1. The number of allylic oxidation sites excluding steroid dienone is 1. The summed E-state index contributed by atoms with van der Waals surface area (Å²) in [5, 5.41) is 48.9. The summed E-state index contributed by atoms with van der Waals surface area (Å²) in [5.41, 5.74) is 9.88. The number of primary amides is 1. The number of ether oxygens (including phenoxy) is 2. The van der Waals surface area contributed by atoms with Gasteiger partial charge in [-0.25, -0.2) is 4.79 Å². The molecule has 2 saturated heterocycles. The van der Waals surface area contributed by atoms with Crippen LogP contribution < -0.4 is 36.1 Å². The monoisotopic (exact) mass is 1540 g/mol. The highest BCUT2D eigenvalue weighted by Crippen LogP contribution is 2.65. The highest BCUT2D eigenvalue weighted by Gasteiger charge is 2.73. The molecule has 3 unspecified atom stereocenters. The van der Waals surface area contributed by atoms with Crippen LogP contribution >= 0.6 is 11.8 Å². The molecule has 4 aliphatic heterocycles. The van der Waals surface area contributed by atoms with Crippen LogP contribution in [-0.4, -0.2) is 166 Å². The lowest BCUT2D eigenvalue weighted by atomic mass is 9.49. The van der Waals surface area contributed by atoms with Crippen LogP contribution in [0.25, 0.3) is 0 Å². The van der Waals surface area contributed by atoms with Crippen molar-refractivity contribution in [3.63, 3.8) is 0 Å². The zero-order chi connectivity index (χ0) is 79.2. The summed E-state index contributed by atoms with van der Waals surface area (Å²) in [6.45, 7) is 14.9. The largest absolute Gasteiger partial charge is 0.615 e. The van der Waals surface area contributed by atoms with Crippen LogP contribution in [0, 0.1) is 23.2 Å². The maximum Gasteiger partial charge on any atom is 0.328 e. The van der Waals surface area contributed by atoms with Crippen molar-refractivity contribution >= 4 is 75.4 Å². The summed E-state index contributed by atoms with van der Waals surface area (Å²) in [6.07, 6.45) is 11.0. The number of likely N-dealkylation sites (N-methyl/N-ethyl adjacent to an activating group) is 1. The van der Waals surface area contributed by atoms with Gasteiger partial charge in [-0.3, -0.25) is 39.5 Å². The van der Waals surface area contributed by atoms with E-state index in [0.29, 0.717) is 42.7 Å². The Bertz CT molecular complexity index is 4250. The number of piperidine rings is 1. The molecule has 7 aromatic rings. The first kappa shape index (κ1) is 83.4. The fraction of sp³-hybridized carbons (Fsp3) is 0.425. The molecule has 4 aliphatic carbocycles. The molecule has 9 N–H and O–H groups in total. The SMILES string of the molecule is C=CCC1(C(C)CC)C(=O)NC(=O)NC1=O.CC(=O)Nc1ccc(O)cc1.CC(CN1c2ccccc2Sc2ccccc21)N(C)C.COc1cccc([C@@]2(O)CCCC[C@@H]2CN(C)C)c1.NC(=O)C[S+]([O-])C(c1ccccc1)c1ccccc1.O=C1CC[C@@]2(O)[C@H]3Cc4ccc(O)c5c4[C@@]2(CCN3CC2CC2)[C@H]1O5. The third-order valence-electron chi connectivity index (χ3n) is 22.7. The normalized spacial score (nSPS) is 23.0. The van der Waals surface area contributed by atoms with E-state index < -0.39 is 63.1 Å². The van der Waals surface area contributed by atoms with Crippen LogP contribution in [0.15, 0.2) is 192 Å². The lowest BCUT2D eigenvalue weighted by Crippen LogP contribution is -2.76. The number of hydrogen-bond donors (Lipinski definition) is 8. The van der Waals surface area contributed by atoms with Crippen molar-refractivity contribution in [2.24, 2.45) is 28.9 Å². The number of hydrogen-bond acceptors (Lipinski definition) is 18. The Morgan fingerprint density at radius 1 is 0.800 bits per heavy atom. The van der Waals surface area contributed by atoms with Crippen LogP contribution in [0.3, 0.4) is 0 Å². The number of methoxy groups -OCH3 is 1. The third kappa shape index (κ3) is 18.6. The number of benzene rings is 7. The second-order valence-electron chi connectivity index (χ2n) is 30.5. The number of amides is 6. The average Bonchev–Trinajstić information content (AvgIpc) is 1.44. The van der Waals surface area contributed by atoms with Crippen molar-refractivity contribution in [1.29, 1.82) is 0 Å². The molecule has 2 bridgehead atoms. The van der Waals surface area contributed by atoms with Gasteiger partial charge in [0.25, 0.3) is 5.91 Å². The number of aromatic hydroxyl groups is 2. The highest BCUT2D eigenvalue weighted by molar-refractivity contribution is 7.99. The molecule has 21 nitrogen and oxygen atoms in total. The van der Waals surface area contributed by atoms with Gasteiger partial charge < -0.3 is 60.2 Å². The van der Waals surface area contributed by atoms with Crippen LogP contribution in [0.5, 0.6) is 23.0 Å². The quantitative estimate of drug-likeness (QED) is 0.0161. The molecule has 110 heavy (non-hydrogen) atoms. The number of carbonyl (C=O) groups excluding carboxylic acids is 6. The fourth-order valence-electron chi connectivity index (χ4n) is 16.5. The minimum Gasteiger partial charge on any atom is -0.615 e. The number of phenolic OH excluding ortho intramolecular Hbond substituents is 2. The topological polar surface area (TPSA) is 300 Å². The summed E-state index contributed by atoms with van der Waals surface area (Å²) in [4.78, 5) is 81.1. The summed E-state index contributed by atoms with van der Waals surface area (Å²) < 4.78 is 23.7. The minimum atomic E-state index is -1.36. The summed E-state index contributed by atoms with van der Waals surface area (Å²) in [7, 11) is 10.1. The number of imide groups is 2. The number of aliphatic hydroxyl groups is 2. The average molecular weight is 1540 g/mol. The molecule has 8 aliphatic rings. The minimum absolute atomic E-state index is 0.0454. The number of carbonyl (C=O) groups is 6. The molecule has 586 valence electrons. The van der Waals surface area contributed by atoms with Crippen LogP contribution in [-0.2, 0) is 52.6 Å². The Balaban J connectivity index is 0.000000143. The van der Waals surface area contributed by atoms with Crippen molar-refractivity contribution in [2.75, 3.05) is 77.4 Å². The van der Waals surface area contributed by atoms with E-state index in [2.05, 4.69) is 126 Å². The van der Waals surface area contributed by atoms with Gasteiger partial charge in [-0.2, -0.15) is 0 Å². The Morgan fingerprint density at radius 3 is 1.96 bits per heavy atom. The van der Waals surface area contributed by atoms with Crippen LogP contribution in [0.4, 0.5) is 21.9 Å². The molecule has 9 atom stereocenters. The molecule has 7 aromatic carbocycles. The highest BCUT2D eigenvalue weighted by atomic mass is 32.2. The summed E-state index contributed by atoms with van der Waals surface area (Å²) in [6, 6.07) is 54.0. The van der Waals surface area contributed by atoms with Crippen molar-refractivity contribution in [1.82, 2.24) is 25.3 Å². The van der Waals surface area contributed by atoms with Gasteiger partial charge in [0.05, 0.1) is 35.1 Å². The molecule has 4 heterocycles. The first-order valence-corrected chi connectivity index (χ1v) is 40.2. The smallest absolute Gasteiger partial charge is 0.328 e. The maximum absolute atomic E-state index is 12.7. The maximum atomic E-state index is 12.7. The molecular weight excluding hydrogens is 1430 g/mol. The number of fused-ring (bicyclic) bond motifs is 2. The number of rotatable bonds is 19. The molecular formula is C87H108N8O13S2. The van der Waals surface area contributed by atoms with Crippen LogP contribution in [0.1, 0.15) is 131 Å². The zero-order valence-electron chi connectivity index (χ0n) is 64.7. The Hall–Kier alpha value is -9.04. The summed E-state index contributed by atoms with van der Waals surface area (Å²) >= 11 is 0.502. The number of likely N-dealkylation sites (tertiary alicyclic amines) is 1. The van der Waals surface area contributed by atoms with Gasteiger partial charge in [-0.15, -0.1) is 6.58 Å². The summed E-state index contributed by atoms with van der Waals surface area (Å²) in [5.74, 6) is 0.687. The van der Waals surface area contributed by atoms with Gasteiger partial charge in [-0.05, 0) is 194 Å². The lowest BCUT2D eigenvalue weighted by molar-refractivity contribution is -0.188. The zero-order valence-corrected chi connectivity index (χ0v) is 66.3. The number of ketones is 1. The van der Waals surface area contributed by atoms with E-state index in [1.807, 2.05) is 117 Å². The van der Waals surface area contributed by atoms with Crippen LogP contribution in [0.2, 0.25) is 0 Å². The lowest BCUT2D eigenvalue weighted by Gasteiger charge is -2.62. The van der Waals surface area contributed by atoms with E-state index in [1.165, 1.54) is 65.6 Å². The van der Waals surface area contributed by atoms with Crippen molar-refractivity contribution in [2.45, 2.75) is 155 Å². The number of barbiturate groups is 1. The van der Waals surface area contributed by atoms with Gasteiger partial charge in [-0.1, -0.05) is 154 Å². The second kappa shape index (κ2) is 36.9. The van der Waals surface area contributed by atoms with E-state index >= 15 is 0 Å². The number of nitrogens with two attached hydrogens (primary N) is 1. The molecule has 1 spiro atoms. The number of Topliss-reactive ketones (excluding diaryl/α,β-unsaturated/α-hetero) is 1. The fourth-order valence-corrected chi connectivity index (χ4v) is 19.0.